The number of phenols is 1. The average molecular weight is 371 g/mol. The second-order valence-corrected chi connectivity index (χ2v) is 5.47. The van der Waals surface area contributed by atoms with Gasteiger partial charge in [0.1, 0.15) is 11.5 Å². The van der Waals surface area contributed by atoms with Gasteiger partial charge in [0.25, 0.3) is 0 Å². The van der Waals surface area contributed by atoms with Crippen LogP contribution in [0.4, 0.5) is 0 Å². The van der Waals surface area contributed by atoms with Crippen molar-refractivity contribution in [2.24, 2.45) is 0 Å². The highest BCUT2D eigenvalue weighted by molar-refractivity contribution is 9.08. The molecule has 3 nitrogen and oxygen atoms in total. The molecule has 0 spiro atoms. The third-order valence-corrected chi connectivity index (χ3v) is 3.84. The van der Waals surface area contributed by atoms with Crippen molar-refractivity contribution in [3.05, 3.63) is 78.4 Å². The summed E-state index contributed by atoms with van der Waals surface area (Å²) in [6.45, 7) is 0. The lowest BCUT2D eigenvalue weighted by Crippen LogP contribution is -1.91. The molecule has 0 amide bonds. The van der Waals surface area contributed by atoms with E-state index in [0.717, 1.165) is 5.56 Å². The quantitative estimate of drug-likeness (QED) is 0.570. The Morgan fingerprint density at radius 1 is 0.739 bits per heavy atom. The van der Waals surface area contributed by atoms with Gasteiger partial charge in [-0.3, -0.25) is 0 Å². The molecular weight excluding hydrogens is 356 g/mol. The summed E-state index contributed by atoms with van der Waals surface area (Å²) in [6, 6.07) is 22.2. The lowest BCUT2D eigenvalue weighted by atomic mass is 10.2. The number of halogens is 1. The summed E-state index contributed by atoms with van der Waals surface area (Å²) in [7, 11) is 0. The van der Waals surface area contributed by atoms with Crippen molar-refractivity contribution in [2.45, 2.75) is 5.33 Å². The highest BCUT2D eigenvalue weighted by Crippen LogP contribution is 2.42. The van der Waals surface area contributed by atoms with Gasteiger partial charge in [-0.15, -0.1) is 0 Å². The molecule has 0 radical (unpaired) electrons. The van der Waals surface area contributed by atoms with Gasteiger partial charge in [0.05, 0.1) is 0 Å². The molecule has 0 saturated carbocycles. The topological polar surface area (TPSA) is 38.7 Å². The van der Waals surface area contributed by atoms with Crippen LogP contribution in [0.5, 0.6) is 28.7 Å². The molecule has 0 saturated heterocycles. The standard InChI is InChI=1S/C19H15BrO3/c20-13-14-11-17(22-15-7-3-1-4-8-15)19(21)18(12-14)23-16-9-5-2-6-10-16/h1-12,21H,13H2. The molecule has 4 heteroatoms. The number of benzene rings is 3. The van der Waals surface area contributed by atoms with Crippen molar-refractivity contribution in [1.29, 1.82) is 0 Å². The molecule has 3 aromatic carbocycles. The van der Waals surface area contributed by atoms with Crippen LogP contribution in [0.1, 0.15) is 5.56 Å². The zero-order valence-electron chi connectivity index (χ0n) is 12.3. The van der Waals surface area contributed by atoms with E-state index in [9.17, 15) is 5.11 Å². The monoisotopic (exact) mass is 370 g/mol. The first-order chi connectivity index (χ1) is 11.3. The van der Waals surface area contributed by atoms with Crippen LogP contribution in [-0.4, -0.2) is 5.11 Å². The number of aromatic hydroxyl groups is 1. The molecule has 0 aliphatic carbocycles. The largest absolute Gasteiger partial charge is 0.502 e. The molecule has 0 atom stereocenters. The first kappa shape index (κ1) is 15.4. The summed E-state index contributed by atoms with van der Waals surface area (Å²) in [6.07, 6.45) is 0. The van der Waals surface area contributed by atoms with E-state index in [-0.39, 0.29) is 5.75 Å². The smallest absolute Gasteiger partial charge is 0.202 e. The van der Waals surface area contributed by atoms with Crippen LogP contribution in [-0.2, 0) is 5.33 Å². The predicted molar refractivity (Wildman–Crippen MR) is 93.8 cm³/mol. The maximum Gasteiger partial charge on any atom is 0.202 e. The van der Waals surface area contributed by atoms with Gasteiger partial charge in [-0.1, -0.05) is 52.3 Å². The van der Waals surface area contributed by atoms with E-state index in [4.69, 9.17) is 9.47 Å². The van der Waals surface area contributed by atoms with E-state index in [1.54, 1.807) is 12.1 Å². The Bertz CT molecular complexity index is 711. The van der Waals surface area contributed by atoms with Gasteiger partial charge in [-0.25, -0.2) is 0 Å². The highest BCUT2D eigenvalue weighted by Gasteiger charge is 2.14. The number of alkyl halides is 1. The summed E-state index contributed by atoms with van der Waals surface area (Å²) in [5.74, 6) is 2.00. The molecular formula is C19H15BrO3. The average Bonchev–Trinajstić information content (AvgIpc) is 2.60. The van der Waals surface area contributed by atoms with Crippen LogP contribution in [0, 0.1) is 0 Å². The minimum Gasteiger partial charge on any atom is -0.502 e. The summed E-state index contributed by atoms with van der Waals surface area (Å²) in [5, 5.41) is 11.1. The first-order valence-corrected chi connectivity index (χ1v) is 8.26. The summed E-state index contributed by atoms with van der Waals surface area (Å²) in [4.78, 5) is 0. The Balaban J connectivity index is 1.95. The number of phenolic OH excluding ortho intramolecular Hbond substituents is 1. The number of ether oxygens (including phenoxy) is 2. The fourth-order valence-electron chi connectivity index (χ4n) is 2.10. The van der Waals surface area contributed by atoms with Crippen LogP contribution in [0.3, 0.4) is 0 Å². The van der Waals surface area contributed by atoms with Gasteiger partial charge < -0.3 is 14.6 Å². The molecule has 23 heavy (non-hydrogen) atoms. The van der Waals surface area contributed by atoms with E-state index in [2.05, 4.69) is 15.9 Å². The van der Waals surface area contributed by atoms with Crippen LogP contribution >= 0.6 is 15.9 Å². The van der Waals surface area contributed by atoms with Gasteiger partial charge in [0.15, 0.2) is 11.5 Å². The lowest BCUT2D eigenvalue weighted by Gasteiger charge is -2.14. The van der Waals surface area contributed by atoms with E-state index in [1.807, 2.05) is 60.7 Å². The molecule has 0 aromatic heterocycles. The fourth-order valence-corrected chi connectivity index (χ4v) is 2.42. The summed E-state index contributed by atoms with van der Waals surface area (Å²) < 4.78 is 11.6. The maximum absolute atomic E-state index is 10.5. The van der Waals surface area contributed by atoms with E-state index >= 15 is 0 Å². The van der Waals surface area contributed by atoms with Gasteiger partial charge in [-0.2, -0.15) is 0 Å². The minimum absolute atomic E-state index is 0.0255. The van der Waals surface area contributed by atoms with Gasteiger partial charge in [0, 0.05) is 5.33 Å². The third kappa shape index (κ3) is 3.85. The Morgan fingerprint density at radius 3 is 1.57 bits per heavy atom. The minimum atomic E-state index is -0.0255. The van der Waals surface area contributed by atoms with E-state index < -0.39 is 0 Å². The van der Waals surface area contributed by atoms with Crippen LogP contribution in [0.2, 0.25) is 0 Å². The molecule has 116 valence electrons. The second kappa shape index (κ2) is 7.20. The normalized spacial score (nSPS) is 10.3. The van der Waals surface area contributed by atoms with Crippen molar-refractivity contribution in [2.75, 3.05) is 0 Å². The first-order valence-electron chi connectivity index (χ1n) is 7.14. The zero-order chi connectivity index (χ0) is 16.1. The SMILES string of the molecule is Oc1c(Oc2ccccc2)cc(CBr)cc1Oc1ccccc1. The van der Waals surface area contributed by atoms with Crippen molar-refractivity contribution in [3.63, 3.8) is 0 Å². The highest BCUT2D eigenvalue weighted by atomic mass is 79.9. The molecule has 0 aliphatic heterocycles. The third-order valence-electron chi connectivity index (χ3n) is 3.20. The summed E-state index contributed by atoms with van der Waals surface area (Å²) in [5.41, 5.74) is 0.944. The Hall–Kier alpha value is -2.46. The second-order valence-electron chi connectivity index (χ2n) is 4.90. The Morgan fingerprint density at radius 2 is 1.17 bits per heavy atom. The van der Waals surface area contributed by atoms with Gasteiger partial charge in [-0.05, 0) is 42.0 Å². The Kier molecular flexibility index (Phi) is 4.83. The maximum atomic E-state index is 10.5. The molecule has 0 bridgehead atoms. The van der Waals surface area contributed by atoms with Crippen LogP contribution < -0.4 is 9.47 Å². The molecule has 0 unspecified atom stereocenters. The number of hydrogen-bond donors (Lipinski definition) is 1. The molecule has 0 fully saturated rings. The van der Waals surface area contributed by atoms with Crippen molar-refractivity contribution >= 4 is 15.9 Å². The molecule has 3 aromatic rings. The summed E-state index contributed by atoms with van der Waals surface area (Å²) >= 11 is 3.43. The van der Waals surface area contributed by atoms with Gasteiger partial charge >= 0.3 is 0 Å². The lowest BCUT2D eigenvalue weighted by molar-refractivity contribution is 0.377. The van der Waals surface area contributed by atoms with Gasteiger partial charge in [0.2, 0.25) is 5.75 Å². The number of hydrogen-bond acceptors (Lipinski definition) is 3. The molecule has 0 heterocycles. The van der Waals surface area contributed by atoms with E-state index in [1.165, 1.54) is 0 Å². The van der Waals surface area contributed by atoms with Crippen molar-refractivity contribution < 1.29 is 14.6 Å². The van der Waals surface area contributed by atoms with E-state index in [0.29, 0.717) is 28.3 Å². The van der Waals surface area contributed by atoms with Crippen LogP contribution in [0.25, 0.3) is 0 Å². The Labute approximate surface area is 143 Å². The van der Waals surface area contributed by atoms with Crippen molar-refractivity contribution in [3.8, 4) is 28.7 Å². The molecule has 1 N–H and O–H groups in total. The zero-order valence-corrected chi connectivity index (χ0v) is 13.9. The number of para-hydroxylation sites is 2. The molecule has 3 rings (SSSR count). The predicted octanol–water partition coefficient (Wildman–Crippen LogP) is 5.87. The number of rotatable bonds is 5. The fraction of sp³-hybridized carbons (Fsp3) is 0.0526. The van der Waals surface area contributed by atoms with Crippen molar-refractivity contribution in [1.82, 2.24) is 0 Å². The molecule has 0 aliphatic rings. The van der Waals surface area contributed by atoms with Crippen LogP contribution in [0.15, 0.2) is 72.8 Å².